The standard InChI is InChI=1S/C48H33N3/c1-48(2)39-17-8-6-15-37(39)47-44(48)43(38-16-7-9-18-42(38)51-47)36-14-10-13-35(29-36)30-19-21-32(22-20-30)41-28-26-34-24-23-33-25-27-40(31-11-4-3-5-12-31)49-45(33)46(34)50-41/h3-29H,1-2H3. The van der Waals surface area contributed by atoms with Gasteiger partial charge in [-0.15, -0.1) is 0 Å². The lowest BCUT2D eigenvalue weighted by molar-refractivity contribution is 0.662. The number of aromatic nitrogens is 3. The van der Waals surface area contributed by atoms with Crippen LogP contribution in [0.25, 0.3) is 88.7 Å². The van der Waals surface area contributed by atoms with E-state index in [4.69, 9.17) is 15.0 Å². The summed E-state index contributed by atoms with van der Waals surface area (Å²) in [5.41, 5.74) is 16.5. The summed E-state index contributed by atoms with van der Waals surface area (Å²) in [5.74, 6) is 0. The molecule has 3 heterocycles. The zero-order chi connectivity index (χ0) is 34.1. The molecule has 0 unspecified atom stereocenters. The van der Waals surface area contributed by atoms with Gasteiger partial charge in [0.1, 0.15) is 0 Å². The van der Waals surface area contributed by atoms with E-state index in [9.17, 15) is 0 Å². The molecular weight excluding hydrogens is 619 g/mol. The summed E-state index contributed by atoms with van der Waals surface area (Å²) in [6.07, 6.45) is 0. The first-order valence-electron chi connectivity index (χ1n) is 17.5. The van der Waals surface area contributed by atoms with Crippen molar-refractivity contribution in [1.82, 2.24) is 15.0 Å². The Morgan fingerprint density at radius 1 is 0.431 bits per heavy atom. The van der Waals surface area contributed by atoms with E-state index in [2.05, 4.69) is 159 Å². The van der Waals surface area contributed by atoms with E-state index in [0.717, 1.165) is 55.5 Å². The molecular formula is C48H33N3. The summed E-state index contributed by atoms with van der Waals surface area (Å²) in [6, 6.07) is 58.2. The Morgan fingerprint density at radius 3 is 1.75 bits per heavy atom. The number of nitrogens with zero attached hydrogens (tertiary/aromatic N) is 3. The zero-order valence-electron chi connectivity index (χ0n) is 28.4. The first kappa shape index (κ1) is 29.5. The minimum Gasteiger partial charge on any atom is -0.247 e. The molecule has 3 nitrogen and oxygen atoms in total. The van der Waals surface area contributed by atoms with Crippen LogP contribution < -0.4 is 0 Å². The van der Waals surface area contributed by atoms with Gasteiger partial charge in [-0.1, -0.05) is 153 Å². The van der Waals surface area contributed by atoms with Crippen molar-refractivity contribution in [1.29, 1.82) is 0 Å². The Hall–Kier alpha value is -6.45. The Kier molecular flexibility index (Phi) is 6.53. The SMILES string of the molecule is CC1(C)c2ccccc2-c2nc3ccccc3c(-c3cccc(-c4ccc(-c5ccc6ccc7ccc(-c8ccccc8)nc7c6n5)cc4)c3)c21. The van der Waals surface area contributed by atoms with Crippen molar-refractivity contribution in [2.75, 3.05) is 0 Å². The van der Waals surface area contributed by atoms with E-state index in [1.54, 1.807) is 0 Å². The molecule has 0 fully saturated rings. The fourth-order valence-electron chi connectivity index (χ4n) is 8.07. The summed E-state index contributed by atoms with van der Waals surface area (Å²) in [5, 5.41) is 3.35. The molecule has 0 saturated carbocycles. The van der Waals surface area contributed by atoms with Crippen molar-refractivity contribution in [2.45, 2.75) is 19.3 Å². The van der Waals surface area contributed by atoms with Crippen LogP contribution in [0.1, 0.15) is 25.0 Å². The number of benzene rings is 6. The van der Waals surface area contributed by atoms with Gasteiger partial charge in [0.05, 0.1) is 33.6 Å². The number of rotatable bonds is 4. The average Bonchev–Trinajstić information content (AvgIpc) is 3.42. The van der Waals surface area contributed by atoms with Crippen molar-refractivity contribution < 1.29 is 0 Å². The van der Waals surface area contributed by atoms with Gasteiger partial charge >= 0.3 is 0 Å². The molecule has 10 rings (SSSR count). The van der Waals surface area contributed by atoms with Crippen molar-refractivity contribution in [3.05, 3.63) is 175 Å². The molecule has 0 N–H and O–H groups in total. The molecule has 6 aromatic carbocycles. The van der Waals surface area contributed by atoms with Crippen LogP contribution in [0.3, 0.4) is 0 Å². The molecule has 0 atom stereocenters. The number of hydrogen-bond acceptors (Lipinski definition) is 3. The van der Waals surface area contributed by atoms with Crippen LogP contribution in [0, 0.1) is 0 Å². The van der Waals surface area contributed by atoms with Crippen molar-refractivity contribution in [3.63, 3.8) is 0 Å². The molecule has 0 amide bonds. The highest BCUT2D eigenvalue weighted by Gasteiger charge is 2.39. The molecule has 1 aliphatic carbocycles. The molecule has 0 aliphatic heterocycles. The summed E-state index contributed by atoms with van der Waals surface area (Å²) in [6.45, 7) is 4.67. The number of fused-ring (bicyclic) bond motifs is 7. The Morgan fingerprint density at radius 2 is 1.00 bits per heavy atom. The lowest BCUT2D eigenvalue weighted by atomic mass is 9.78. The van der Waals surface area contributed by atoms with Gasteiger partial charge in [0, 0.05) is 38.3 Å². The number of hydrogen-bond donors (Lipinski definition) is 0. The van der Waals surface area contributed by atoms with Gasteiger partial charge in [0.15, 0.2) is 0 Å². The topological polar surface area (TPSA) is 38.7 Å². The summed E-state index contributed by atoms with van der Waals surface area (Å²) in [7, 11) is 0. The van der Waals surface area contributed by atoms with Crippen LogP contribution in [0.2, 0.25) is 0 Å². The maximum atomic E-state index is 5.24. The van der Waals surface area contributed by atoms with Gasteiger partial charge in [0.25, 0.3) is 0 Å². The van der Waals surface area contributed by atoms with Gasteiger partial charge in [0.2, 0.25) is 0 Å². The first-order valence-corrected chi connectivity index (χ1v) is 17.5. The Balaban J connectivity index is 1.05. The maximum absolute atomic E-state index is 5.24. The molecule has 51 heavy (non-hydrogen) atoms. The minimum absolute atomic E-state index is 0.174. The van der Waals surface area contributed by atoms with Gasteiger partial charge in [-0.2, -0.15) is 0 Å². The van der Waals surface area contributed by atoms with Crippen LogP contribution in [0.15, 0.2) is 164 Å². The van der Waals surface area contributed by atoms with Crippen molar-refractivity contribution >= 4 is 32.7 Å². The van der Waals surface area contributed by atoms with Gasteiger partial charge in [-0.3, -0.25) is 0 Å². The predicted molar refractivity (Wildman–Crippen MR) is 212 cm³/mol. The monoisotopic (exact) mass is 651 g/mol. The zero-order valence-corrected chi connectivity index (χ0v) is 28.4. The average molecular weight is 652 g/mol. The van der Waals surface area contributed by atoms with Crippen LogP contribution in [0.4, 0.5) is 0 Å². The molecule has 0 radical (unpaired) electrons. The highest BCUT2D eigenvalue weighted by Crippen LogP contribution is 2.53. The maximum Gasteiger partial charge on any atom is 0.0972 e. The third-order valence-corrected chi connectivity index (χ3v) is 10.6. The molecule has 240 valence electrons. The highest BCUT2D eigenvalue weighted by atomic mass is 14.8. The summed E-state index contributed by atoms with van der Waals surface area (Å²) in [4.78, 5) is 15.5. The fraction of sp³-hybridized carbons (Fsp3) is 0.0625. The first-order chi connectivity index (χ1) is 25.0. The van der Waals surface area contributed by atoms with E-state index in [-0.39, 0.29) is 5.41 Å². The minimum atomic E-state index is -0.174. The Bertz CT molecular complexity index is 2820. The molecule has 3 aromatic heterocycles. The molecule has 0 spiro atoms. The van der Waals surface area contributed by atoms with Crippen molar-refractivity contribution in [2.24, 2.45) is 0 Å². The van der Waals surface area contributed by atoms with E-state index >= 15 is 0 Å². The third-order valence-electron chi connectivity index (χ3n) is 10.6. The van der Waals surface area contributed by atoms with Crippen molar-refractivity contribution in [3.8, 4) is 56.0 Å². The normalized spacial score (nSPS) is 13.1. The summed E-state index contributed by atoms with van der Waals surface area (Å²) >= 11 is 0. The van der Waals surface area contributed by atoms with Crippen LogP contribution in [-0.2, 0) is 5.41 Å². The van der Waals surface area contributed by atoms with Crippen LogP contribution in [0.5, 0.6) is 0 Å². The lowest BCUT2D eigenvalue weighted by Crippen LogP contribution is -2.16. The van der Waals surface area contributed by atoms with E-state index < -0.39 is 0 Å². The summed E-state index contributed by atoms with van der Waals surface area (Å²) < 4.78 is 0. The smallest absolute Gasteiger partial charge is 0.0972 e. The number of pyridine rings is 3. The Labute approximate surface area is 297 Å². The second-order valence-corrected chi connectivity index (χ2v) is 14.0. The van der Waals surface area contributed by atoms with Gasteiger partial charge in [-0.25, -0.2) is 15.0 Å². The molecule has 3 heteroatoms. The fourth-order valence-corrected chi connectivity index (χ4v) is 8.07. The van der Waals surface area contributed by atoms with E-state index in [1.165, 1.54) is 44.3 Å². The molecule has 9 aromatic rings. The van der Waals surface area contributed by atoms with E-state index in [0.29, 0.717) is 0 Å². The highest BCUT2D eigenvalue weighted by molar-refractivity contribution is 6.05. The second kappa shape index (κ2) is 11.3. The van der Waals surface area contributed by atoms with E-state index in [1.807, 2.05) is 18.2 Å². The van der Waals surface area contributed by atoms with Crippen LogP contribution in [-0.4, -0.2) is 15.0 Å². The second-order valence-electron chi connectivity index (χ2n) is 14.0. The van der Waals surface area contributed by atoms with Gasteiger partial charge < -0.3 is 0 Å². The quantitative estimate of drug-likeness (QED) is 0.178. The van der Waals surface area contributed by atoms with Crippen LogP contribution >= 0.6 is 0 Å². The van der Waals surface area contributed by atoms with Gasteiger partial charge in [-0.05, 0) is 57.6 Å². The predicted octanol–water partition coefficient (Wildman–Crippen LogP) is 12.3. The molecule has 1 aliphatic rings. The third kappa shape index (κ3) is 4.69. The number of para-hydroxylation sites is 1. The molecule has 0 saturated heterocycles. The largest absolute Gasteiger partial charge is 0.247 e. The molecule has 0 bridgehead atoms. The lowest BCUT2D eigenvalue weighted by Gasteiger charge is -2.25.